The van der Waals surface area contributed by atoms with Gasteiger partial charge in [-0.2, -0.15) is 0 Å². The van der Waals surface area contributed by atoms with E-state index in [2.05, 4.69) is 27.6 Å². The van der Waals surface area contributed by atoms with E-state index >= 15 is 0 Å². The molecule has 17 heavy (non-hydrogen) atoms. The molecule has 0 amide bonds. The highest BCUT2D eigenvalue weighted by molar-refractivity contribution is 14.1. The molecule has 0 aliphatic carbocycles. The highest BCUT2D eigenvalue weighted by Crippen LogP contribution is 2.37. The van der Waals surface area contributed by atoms with Gasteiger partial charge in [-0.25, -0.2) is 4.98 Å². The van der Waals surface area contributed by atoms with Crippen molar-refractivity contribution in [3.8, 4) is 11.1 Å². The fourth-order valence-electron chi connectivity index (χ4n) is 1.33. The molecule has 0 N–H and O–H groups in total. The molecule has 1 heterocycles. The molecule has 0 fully saturated rings. The number of rotatable bonds is 1. The molecule has 2 rings (SSSR count). The van der Waals surface area contributed by atoms with Gasteiger partial charge in [-0.05, 0) is 40.8 Å². The molecule has 1 aromatic heterocycles. The van der Waals surface area contributed by atoms with Crippen molar-refractivity contribution in [1.82, 2.24) is 4.98 Å². The molecule has 0 bridgehead atoms. The molecule has 2 aromatic rings. The lowest BCUT2D eigenvalue weighted by atomic mass is 10.1. The van der Waals surface area contributed by atoms with Crippen LogP contribution in [-0.4, -0.2) is 4.98 Å². The van der Waals surface area contributed by atoms with Gasteiger partial charge in [0, 0.05) is 22.3 Å². The van der Waals surface area contributed by atoms with Crippen molar-refractivity contribution in [3.63, 3.8) is 0 Å². The monoisotopic (exact) mass is 417 g/mol. The van der Waals surface area contributed by atoms with Crippen LogP contribution in [0.2, 0.25) is 20.2 Å². The third-order valence-electron chi connectivity index (χ3n) is 2.10. The lowest BCUT2D eigenvalue weighted by Gasteiger charge is -2.07. The maximum atomic E-state index is 6.14. The molecular formula is C11H4Cl4IN. The Labute approximate surface area is 132 Å². The van der Waals surface area contributed by atoms with E-state index in [1.165, 1.54) is 0 Å². The largest absolute Gasteiger partial charge is 0.243 e. The smallest absolute Gasteiger partial charge is 0.142 e. The van der Waals surface area contributed by atoms with Crippen molar-refractivity contribution in [2.45, 2.75) is 0 Å². The summed E-state index contributed by atoms with van der Waals surface area (Å²) in [7, 11) is 0. The van der Waals surface area contributed by atoms with Gasteiger partial charge in [0.05, 0.1) is 13.6 Å². The van der Waals surface area contributed by atoms with Gasteiger partial charge >= 0.3 is 0 Å². The maximum absolute atomic E-state index is 6.14. The lowest BCUT2D eigenvalue weighted by molar-refractivity contribution is 1.31. The minimum absolute atomic E-state index is 0.416. The number of benzene rings is 1. The molecule has 0 aliphatic heterocycles. The van der Waals surface area contributed by atoms with Crippen LogP contribution in [0, 0.1) is 3.57 Å². The summed E-state index contributed by atoms with van der Waals surface area (Å²) < 4.78 is 0.842. The average molecular weight is 419 g/mol. The summed E-state index contributed by atoms with van der Waals surface area (Å²) in [4.78, 5) is 4.07. The summed E-state index contributed by atoms with van der Waals surface area (Å²) in [6.45, 7) is 0. The Kier molecular flexibility index (Phi) is 4.42. The van der Waals surface area contributed by atoms with Gasteiger partial charge in [-0.15, -0.1) is 0 Å². The molecule has 6 heteroatoms. The van der Waals surface area contributed by atoms with Crippen molar-refractivity contribution < 1.29 is 0 Å². The van der Waals surface area contributed by atoms with E-state index in [-0.39, 0.29) is 0 Å². The van der Waals surface area contributed by atoms with Crippen molar-refractivity contribution in [1.29, 1.82) is 0 Å². The Morgan fingerprint density at radius 3 is 2.35 bits per heavy atom. The Bertz CT molecular complexity index is 586. The quantitative estimate of drug-likeness (QED) is 0.316. The zero-order valence-electron chi connectivity index (χ0n) is 8.15. The zero-order chi connectivity index (χ0) is 12.6. The predicted octanol–water partition coefficient (Wildman–Crippen LogP) is 5.97. The highest BCUT2D eigenvalue weighted by atomic mass is 127. The van der Waals surface area contributed by atoms with Crippen LogP contribution < -0.4 is 0 Å². The summed E-state index contributed by atoms with van der Waals surface area (Å²) in [6.07, 6.45) is 1.64. The van der Waals surface area contributed by atoms with Crippen molar-refractivity contribution >= 4 is 69.0 Å². The van der Waals surface area contributed by atoms with Crippen molar-refractivity contribution in [2.24, 2.45) is 0 Å². The second-order valence-electron chi connectivity index (χ2n) is 3.25. The standard InChI is InChI=1S/C11H4Cl4IN/c12-6-2-7(10(14)8(13)3-6)5-1-9(16)11(15)17-4-5/h1-4H. The molecule has 0 radical (unpaired) electrons. The van der Waals surface area contributed by atoms with E-state index in [0.29, 0.717) is 20.2 Å². The topological polar surface area (TPSA) is 12.9 Å². The molecule has 1 nitrogen and oxygen atoms in total. The van der Waals surface area contributed by atoms with E-state index < -0.39 is 0 Å². The van der Waals surface area contributed by atoms with Crippen LogP contribution in [0.1, 0.15) is 0 Å². The highest BCUT2D eigenvalue weighted by Gasteiger charge is 2.11. The average Bonchev–Trinajstić information content (AvgIpc) is 2.27. The van der Waals surface area contributed by atoms with Crippen LogP contribution in [-0.2, 0) is 0 Å². The minimum Gasteiger partial charge on any atom is -0.243 e. The number of hydrogen-bond acceptors (Lipinski definition) is 1. The molecule has 0 spiro atoms. The molecule has 0 unspecified atom stereocenters. The summed E-state index contributed by atoms with van der Waals surface area (Å²) >= 11 is 26.0. The van der Waals surface area contributed by atoms with Gasteiger partial charge in [0.15, 0.2) is 0 Å². The first-order chi connectivity index (χ1) is 7.99. The number of halogens is 5. The van der Waals surface area contributed by atoms with Crippen LogP contribution in [0.5, 0.6) is 0 Å². The third kappa shape index (κ3) is 2.99. The number of pyridine rings is 1. The Morgan fingerprint density at radius 2 is 1.71 bits per heavy atom. The van der Waals surface area contributed by atoms with Gasteiger partial charge in [-0.1, -0.05) is 46.4 Å². The van der Waals surface area contributed by atoms with Gasteiger partial charge in [0.25, 0.3) is 0 Å². The molecular weight excluding hydrogens is 415 g/mol. The summed E-state index contributed by atoms with van der Waals surface area (Å²) in [5.74, 6) is 0. The Morgan fingerprint density at radius 1 is 1.00 bits per heavy atom. The van der Waals surface area contributed by atoms with Crippen LogP contribution in [0.25, 0.3) is 11.1 Å². The van der Waals surface area contributed by atoms with Gasteiger partial charge in [0.2, 0.25) is 0 Å². The molecule has 88 valence electrons. The Hall–Kier alpha value is 0.260. The fourth-order valence-corrected chi connectivity index (χ4v) is 2.62. The first-order valence-electron chi connectivity index (χ1n) is 4.45. The van der Waals surface area contributed by atoms with Crippen LogP contribution in [0.4, 0.5) is 0 Å². The lowest BCUT2D eigenvalue weighted by Crippen LogP contribution is -1.86. The Balaban J connectivity index is 2.64. The molecule has 0 saturated carbocycles. The summed E-state index contributed by atoms with van der Waals surface area (Å²) in [6, 6.07) is 5.23. The normalized spacial score (nSPS) is 10.6. The van der Waals surface area contributed by atoms with Crippen LogP contribution in [0.3, 0.4) is 0 Å². The SMILES string of the molecule is Clc1cc(Cl)c(Cl)c(-c2cnc(Cl)c(I)c2)c1. The first-order valence-corrected chi connectivity index (χ1v) is 7.04. The third-order valence-corrected chi connectivity index (χ3v) is 4.56. The van der Waals surface area contributed by atoms with Gasteiger partial charge < -0.3 is 0 Å². The van der Waals surface area contributed by atoms with Crippen LogP contribution in [0.15, 0.2) is 24.4 Å². The van der Waals surface area contributed by atoms with Gasteiger partial charge in [-0.3, -0.25) is 0 Å². The van der Waals surface area contributed by atoms with Crippen molar-refractivity contribution in [3.05, 3.63) is 48.2 Å². The van der Waals surface area contributed by atoms with Gasteiger partial charge in [0.1, 0.15) is 5.15 Å². The molecule has 0 atom stereocenters. The second kappa shape index (κ2) is 5.49. The maximum Gasteiger partial charge on any atom is 0.142 e. The molecule has 0 saturated heterocycles. The second-order valence-corrected chi connectivity index (χ2v) is 5.99. The van der Waals surface area contributed by atoms with Crippen molar-refractivity contribution in [2.75, 3.05) is 0 Å². The van der Waals surface area contributed by atoms with E-state index in [4.69, 9.17) is 46.4 Å². The van der Waals surface area contributed by atoms with E-state index in [1.807, 2.05) is 6.07 Å². The summed E-state index contributed by atoms with van der Waals surface area (Å²) in [5, 5.41) is 1.85. The molecule has 1 aromatic carbocycles. The van der Waals surface area contributed by atoms with E-state index in [1.54, 1.807) is 18.3 Å². The van der Waals surface area contributed by atoms with Crippen LogP contribution >= 0.6 is 69.0 Å². The number of aromatic nitrogens is 1. The number of nitrogens with zero attached hydrogens (tertiary/aromatic N) is 1. The van der Waals surface area contributed by atoms with E-state index in [0.717, 1.165) is 14.7 Å². The predicted molar refractivity (Wildman–Crippen MR) is 82.4 cm³/mol. The fraction of sp³-hybridized carbons (Fsp3) is 0. The summed E-state index contributed by atoms with van der Waals surface area (Å²) in [5.41, 5.74) is 1.57. The molecule has 0 aliphatic rings. The van der Waals surface area contributed by atoms with E-state index in [9.17, 15) is 0 Å². The minimum atomic E-state index is 0.416. The number of hydrogen-bond donors (Lipinski definition) is 0. The zero-order valence-corrected chi connectivity index (χ0v) is 13.3. The first kappa shape index (κ1) is 13.7.